The molecule has 0 saturated heterocycles. The molecule has 0 saturated carbocycles. The number of carbonyl (C=O) groups excluding carboxylic acids is 1. The standard InChI is InChI=1S/C18H15FO2/c1-21-18(20)13-10-15-5-2-14(3-6-15)4-7-16-8-11-17(19)12-9-16/h2-13H,1H3/b7-4+,13-10+. The molecule has 2 aromatic rings. The van der Waals surface area contributed by atoms with E-state index < -0.39 is 0 Å². The van der Waals surface area contributed by atoms with Crippen LogP contribution in [0.15, 0.2) is 54.6 Å². The summed E-state index contributed by atoms with van der Waals surface area (Å²) >= 11 is 0. The molecule has 0 heterocycles. The van der Waals surface area contributed by atoms with Gasteiger partial charge in [-0.1, -0.05) is 48.6 Å². The van der Waals surface area contributed by atoms with Crippen molar-refractivity contribution in [3.8, 4) is 0 Å². The van der Waals surface area contributed by atoms with Gasteiger partial charge in [0.1, 0.15) is 5.82 Å². The van der Waals surface area contributed by atoms with Crippen LogP contribution in [0.5, 0.6) is 0 Å². The Morgan fingerprint density at radius 1 is 0.857 bits per heavy atom. The van der Waals surface area contributed by atoms with Gasteiger partial charge in [0.15, 0.2) is 0 Å². The Labute approximate surface area is 123 Å². The molecule has 2 rings (SSSR count). The Bertz CT molecular complexity index is 653. The summed E-state index contributed by atoms with van der Waals surface area (Å²) in [6.45, 7) is 0. The van der Waals surface area contributed by atoms with Gasteiger partial charge in [-0.3, -0.25) is 0 Å². The quantitative estimate of drug-likeness (QED) is 0.477. The van der Waals surface area contributed by atoms with E-state index in [1.807, 2.05) is 36.4 Å². The molecule has 0 spiro atoms. The van der Waals surface area contributed by atoms with E-state index in [0.29, 0.717) is 0 Å². The van der Waals surface area contributed by atoms with Crippen LogP contribution in [0, 0.1) is 5.82 Å². The van der Waals surface area contributed by atoms with Crippen LogP contribution in [-0.2, 0) is 9.53 Å². The van der Waals surface area contributed by atoms with Crippen molar-refractivity contribution in [2.75, 3.05) is 7.11 Å². The minimum absolute atomic E-state index is 0.242. The van der Waals surface area contributed by atoms with Crippen LogP contribution in [0.25, 0.3) is 18.2 Å². The molecule has 0 aromatic heterocycles. The number of ether oxygens (including phenoxy) is 1. The summed E-state index contributed by atoms with van der Waals surface area (Å²) in [5.74, 6) is -0.621. The lowest BCUT2D eigenvalue weighted by Gasteiger charge is -1.97. The molecule has 0 bridgehead atoms. The van der Waals surface area contributed by atoms with Crippen LogP contribution >= 0.6 is 0 Å². The molecule has 3 heteroatoms. The van der Waals surface area contributed by atoms with Crippen molar-refractivity contribution >= 4 is 24.2 Å². The van der Waals surface area contributed by atoms with Crippen LogP contribution in [0.3, 0.4) is 0 Å². The van der Waals surface area contributed by atoms with Gasteiger partial charge in [-0.2, -0.15) is 0 Å². The Hall–Kier alpha value is -2.68. The molecule has 0 aliphatic carbocycles. The molecule has 0 aliphatic heterocycles. The molecule has 0 fully saturated rings. The van der Waals surface area contributed by atoms with Gasteiger partial charge in [0, 0.05) is 6.08 Å². The summed E-state index contributed by atoms with van der Waals surface area (Å²) in [5, 5.41) is 0. The molecular formula is C18H15FO2. The van der Waals surface area contributed by atoms with Crippen LogP contribution in [0.2, 0.25) is 0 Å². The molecule has 0 amide bonds. The first-order chi connectivity index (χ1) is 10.2. The number of benzene rings is 2. The summed E-state index contributed by atoms with van der Waals surface area (Å²) in [4.78, 5) is 11.0. The van der Waals surface area contributed by atoms with Gasteiger partial charge < -0.3 is 4.74 Å². The summed E-state index contributed by atoms with van der Waals surface area (Å²) in [7, 11) is 1.34. The van der Waals surface area contributed by atoms with Gasteiger partial charge in [0.05, 0.1) is 7.11 Å². The molecule has 106 valence electrons. The second kappa shape index (κ2) is 7.20. The second-order valence-corrected chi connectivity index (χ2v) is 4.41. The number of carbonyl (C=O) groups is 1. The van der Waals surface area contributed by atoms with Gasteiger partial charge in [0.25, 0.3) is 0 Å². The third kappa shape index (κ3) is 4.73. The van der Waals surface area contributed by atoms with Gasteiger partial charge >= 0.3 is 5.97 Å². The largest absolute Gasteiger partial charge is 0.466 e. The normalized spacial score (nSPS) is 11.1. The molecule has 0 radical (unpaired) electrons. The lowest BCUT2D eigenvalue weighted by molar-refractivity contribution is -0.134. The lowest BCUT2D eigenvalue weighted by atomic mass is 10.1. The zero-order chi connectivity index (χ0) is 15.1. The molecule has 21 heavy (non-hydrogen) atoms. The van der Waals surface area contributed by atoms with Gasteiger partial charge in [-0.05, 0) is 34.9 Å². The van der Waals surface area contributed by atoms with Crippen molar-refractivity contribution < 1.29 is 13.9 Å². The van der Waals surface area contributed by atoms with Crippen LogP contribution < -0.4 is 0 Å². The number of hydrogen-bond acceptors (Lipinski definition) is 2. The van der Waals surface area contributed by atoms with Crippen molar-refractivity contribution in [1.29, 1.82) is 0 Å². The number of rotatable bonds is 4. The molecule has 2 aromatic carbocycles. The van der Waals surface area contributed by atoms with E-state index in [1.54, 1.807) is 18.2 Å². The zero-order valence-electron chi connectivity index (χ0n) is 11.6. The van der Waals surface area contributed by atoms with Crippen molar-refractivity contribution in [1.82, 2.24) is 0 Å². The van der Waals surface area contributed by atoms with Crippen molar-refractivity contribution in [2.24, 2.45) is 0 Å². The third-order valence-electron chi connectivity index (χ3n) is 2.89. The fourth-order valence-corrected chi connectivity index (χ4v) is 1.72. The fraction of sp³-hybridized carbons (Fsp3) is 0.0556. The molecule has 0 N–H and O–H groups in total. The average Bonchev–Trinajstić information content (AvgIpc) is 2.53. The molecule has 0 unspecified atom stereocenters. The summed E-state index contributed by atoms with van der Waals surface area (Å²) in [6, 6.07) is 14.0. The zero-order valence-corrected chi connectivity index (χ0v) is 11.6. The Morgan fingerprint density at radius 2 is 1.29 bits per heavy atom. The first-order valence-corrected chi connectivity index (χ1v) is 6.47. The monoisotopic (exact) mass is 282 g/mol. The topological polar surface area (TPSA) is 26.3 Å². The van der Waals surface area contributed by atoms with E-state index in [1.165, 1.54) is 25.3 Å². The molecule has 2 nitrogen and oxygen atoms in total. The number of methoxy groups -OCH3 is 1. The Kier molecular flexibility index (Phi) is 5.04. The lowest BCUT2D eigenvalue weighted by Crippen LogP contribution is -1.93. The molecular weight excluding hydrogens is 267 g/mol. The van der Waals surface area contributed by atoms with Crippen molar-refractivity contribution in [3.63, 3.8) is 0 Å². The second-order valence-electron chi connectivity index (χ2n) is 4.41. The number of hydrogen-bond donors (Lipinski definition) is 0. The summed E-state index contributed by atoms with van der Waals surface area (Å²) in [5.41, 5.74) is 2.87. The summed E-state index contributed by atoms with van der Waals surface area (Å²) in [6.07, 6.45) is 6.93. The third-order valence-corrected chi connectivity index (χ3v) is 2.89. The minimum atomic E-state index is -0.379. The fourth-order valence-electron chi connectivity index (χ4n) is 1.72. The van der Waals surface area contributed by atoms with Gasteiger partial charge in [0.2, 0.25) is 0 Å². The van der Waals surface area contributed by atoms with Gasteiger partial charge in [-0.25, -0.2) is 9.18 Å². The van der Waals surface area contributed by atoms with E-state index in [0.717, 1.165) is 16.7 Å². The Balaban J connectivity index is 2.03. The summed E-state index contributed by atoms with van der Waals surface area (Å²) < 4.78 is 17.3. The predicted molar refractivity (Wildman–Crippen MR) is 82.8 cm³/mol. The maximum atomic E-state index is 12.8. The highest BCUT2D eigenvalue weighted by molar-refractivity contribution is 5.87. The van der Waals surface area contributed by atoms with E-state index in [9.17, 15) is 9.18 Å². The highest BCUT2D eigenvalue weighted by atomic mass is 19.1. The minimum Gasteiger partial charge on any atom is -0.466 e. The SMILES string of the molecule is COC(=O)/C=C/c1ccc(/C=C/c2ccc(F)cc2)cc1. The van der Waals surface area contributed by atoms with Crippen LogP contribution in [0.1, 0.15) is 16.7 Å². The average molecular weight is 282 g/mol. The number of halogens is 1. The van der Waals surface area contributed by atoms with Gasteiger partial charge in [-0.15, -0.1) is 0 Å². The van der Waals surface area contributed by atoms with Crippen LogP contribution in [-0.4, -0.2) is 13.1 Å². The first-order valence-electron chi connectivity index (χ1n) is 6.47. The number of esters is 1. The highest BCUT2D eigenvalue weighted by Crippen LogP contribution is 2.11. The predicted octanol–water partition coefficient (Wildman–Crippen LogP) is 4.18. The van der Waals surface area contributed by atoms with E-state index >= 15 is 0 Å². The molecule has 0 atom stereocenters. The first kappa shape index (κ1) is 14.7. The van der Waals surface area contributed by atoms with Crippen LogP contribution in [0.4, 0.5) is 4.39 Å². The maximum absolute atomic E-state index is 12.8. The smallest absolute Gasteiger partial charge is 0.330 e. The van der Waals surface area contributed by atoms with Crippen molar-refractivity contribution in [3.05, 3.63) is 77.1 Å². The van der Waals surface area contributed by atoms with E-state index in [2.05, 4.69) is 4.74 Å². The van der Waals surface area contributed by atoms with E-state index in [-0.39, 0.29) is 11.8 Å². The Morgan fingerprint density at radius 3 is 1.76 bits per heavy atom. The van der Waals surface area contributed by atoms with E-state index in [4.69, 9.17) is 0 Å². The molecule has 0 aliphatic rings. The van der Waals surface area contributed by atoms with Crippen molar-refractivity contribution in [2.45, 2.75) is 0 Å². The highest BCUT2D eigenvalue weighted by Gasteiger charge is 1.93. The maximum Gasteiger partial charge on any atom is 0.330 e.